The Kier molecular flexibility index (Phi) is 5.75. The highest BCUT2D eigenvalue weighted by molar-refractivity contribution is 5.97. The van der Waals surface area contributed by atoms with Crippen molar-refractivity contribution in [2.45, 2.75) is 32.7 Å². The van der Waals surface area contributed by atoms with Crippen molar-refractivity contribution in [1.82, 2.24) is 24.8 Å². The molecule has 7 nitrogen and oxygen atoms in total. The van der Waals surface area contributed by atoms with Crippen molar-refractivity contribution >= 4 is 22.8 Å². The van der Waals surface area contributed by atoms with Gasteiger partial charge in [0, 0.05) is 68.3 Å². The number of aromatic amines is 1. The zero-order chi connectivity index (χ0) is 25.8. The molecule has 190 valence electrons. The summed E-state index contributed by atoms with van der Waals surface area (Å²) >= 11 is 0. The second-order valence-electron chi connectivity index (χ2n) is 10.8. The Morgan fingerprint density at radius 2 is 1.89 bits per heavy atom. The molecule has 4 heterocycles. The van der Waals surface area contributed by atoms with Gasteiger partial charge in [-0.25, -0.2) is 9.97 Å². The van der Waals surface area contributed by atoms with Crippen LogP contribution in [0.25, 0.3) is 33.5 Å². The first-order chi connectivity index (χ1) is 17.8. The van der Waals surface area contributed by atoms with Gasteiger partial charge in [-0.2, -0.15) is 0 Å². The maximum atomic E-state index is 12.5. The molecule has 0 saturated carbocycles. The Balaban J connectivity index is 1.37. The number of nitrogens with one attached hydrogen (secondary N) is 1. The molecule has 6 rings (SSSR count). The lowest BCUT2D eigenvalue weighted by Gasteiger charge is -2.46. The van der Waals surface area contributed by atoms with E-state index in [2.05, 4.69) is 47.0 Å². The van der Waals surface area contributed by atoms with Gasteiger partial charge in [-0.3, -0.25) is 4.79 Å². The number of anilines is 1. The second-order valence-corrected chi connectivity index (χ2v) is 10.8. The van der Waals surface area contributed by atoms with Crippen molar-refractivity contribution in [3.63, 3.8) is 0 Å². The number of nitrogens with zero attached hydrogens (tertiary/aromatic N) is 5. The predicted molar refractivity (Wildman–Crippen MR) is 149 cm³/mol. The number of hydrogen-bond donors (Lipinski definition) is 1. The third kappa shape index (κ3) is 4.07. The topological polar surface area (TPSA) is 68.4 Å². The largest absolute Gasteiger partial charge is 0.366 e. The summed E-state index contributed by atoms with van der Waals surface area (Å²) in [5.74, 6) is 0.00993. The molecule has 1 atom stereocenters. The van der Waals surface area contributed by atoms with Gasteiger partial charge in [0.2, 0.25) is 0 Å². The van der Waals surface area contributed by atoms with Crippen LogP contribution in [0.5, 0.6) is 0 Å². The molecule has 0 spiro atoms. The van der Waals surface area contributed by atoms with Crippen LogP contribution in [-0.2, 0) is 6.42 Å². The summed E-state index contributed by atoms with van der Waals surface area (Å²) in [4.78, 5) is 32.3. The first kappa shape index (κ1) is 23.7. The van der Waals surface area contributed by atoms with Crippen LogP contribution in [0.3, 0.4) is 0 Å². The maximum Gasteiger partial charge on any atom is 0.253 e. The summed E-state index contributed by atoms with van der Waals surface area (Å²) in [6.45, 7) is 7.55. The van der Waals surface area contributed by atoms with Crippen LogP contribution in [0, 0.1) is 13.8 Å². The third-order valence-corrected chi connectivity index (χ3v) is 7.95. The van der Waals surface area contributed by atoms with Crippen molar-refractivity contribution in [1.29, 1.82) is 0 Å². The number of H-pyrrole nitrogens is 1. The number of piperazine rings is 1. The molecular weight excluding hydrogens is 460 g/mol. The lowest BCUT2D eigenvalue weighted by Crippen LogP contribution is -2.54. The number of amides is 1. The zero-order valence-electron chi connectivity index (χ0n) is 22.3. The van der Waals surface area contributed by atoms with Crippen LogP contribution in [0.2, 0.25) is 0 Å². The van der Waals surface area contributed by atoms with Crippen molar-refractivity contribution in [3.8, 4) is 22.4 Å². The number of carbonyl (C=O) groups is 1. The van der Waals surface area contributed by atoms with Gasteiger partial charge in [0.1, 0.15) is 5.52 Å². The Bertz CT molecular complexity index is 1520. The molecule has 0 bridgehead atoms. The molecule has 0 unspecified atom stereocenters. The van der Waals surface area contributed by atoms with E-state index in [1.807, 2.05) is 31.5 Å². The Morgan fingerprint density at radius 1 is 1.08 bits per heavy atom. The zero-order valence-corrected chi connectivity index (χ0v) is 22.3. The van der Waals surface area contributed by atoms with Crippen LogP contribution in [0.4, 0.5) is 5.69 Å². The lowest BCUT2D eigenvalue weighted by atomic mass is 9.89. The van der Waals surface area contributed by atoms with Gasteiger partial charge < -0.3 is 19.7 Å². The normalized spacial score (nSPS) is 17.5. The Labute approximate surface area is 218 Å². The van der Waals surface area contributed by atoms with Gasteiger partial charge in [0.15, 0.2) is 5.65 Å². The molecule has 2 aromatic heterocycles. The molecule has 4 aromatic rings. The third-order valence-electron chi connectivity index (χ3n) is 7.95. The van der Waals surface area contributed by atoms with E-state index in [0.29, 0.717) is 11.6 Å². The summed E-state index contributed by atoms with van der Waals surface area (Å²) < 4.78 is 0. The molecule has 0 aliphatic carbocycles. The van der Waals surface area contributed by atoms with E-state index >= 15 is 0 Å². The minimum atomic E-state index is 0.00993. The average molecular weight is 495 g/mol. The smallest absolute Gasteiger partial charge is 0.253 e. The van der Waals surface area contributed by atoms with E-state index in [4.69, 9.17) is 9.97 Å². The number of aryl methyl sites for hydroxylation is 3. The van der Waals surface area contributed by atoms with Crippen molar-refractivity contribution < 1.29 is 4.79 Å². The van der Waals surface area contributed by atoms with Gasteiger partial charge in [-0.1, -0.05) is 12.1 Å². The molecule has 7 heteroatoms. The van der Waals surface area contributed by atoms with Gasteiger partial charge >= 0.3 is 0 Å². The molecule has 1 fully saturated rings. The van der Waals surface area contributed by atoms with Gasteiger partial charge in [0.25, 0.3) is 5.91 Å². The molecule has 1 amide bonds. The highest BCUT2D eigenvalue weighted by Gasteiger charge is 2.31. The minimum absolute atomic E-state index is 0.00993. The van der Waals surface area contributed by atoms with E-state index in [-0.39, 0.29) is 5.91 Å². The van der Waals surface area contributed by atoms with Crippen LogP contribution in [0.15, 0.2) is 42.7 Å². The summed E-state index contributed by atoms with van der Waals surface area (Å²) in [6.07, 6.45) is 6.12. The lowest BCUT2D eigenvalue weighted by molar-refractivity contribution is 0.0827. The van der Waals surface area contributed by atoms with Gasteiger partial charge in [0.05, 0.1) is 11.9 Å². The van der Waals surface area contributed by atoms with E-state index < -0.39 is 0 Å². The van der Waals surface area contributed by atoms with Crippen LogP contribution in [-0.4, -0.2) is 77.5 Å². The fourth-order valence-corrected chi connectivity index (χ4v) is 6.04. The summed E-state index contributed by atoms with van der Waals surface area (Å²) in [5.41, 5.74) is 11.4. The Morgan fingerprint density at radius 3 is 2.68 bits per heavy atom. The SMILES string of the molecule is Cc1cc(-c2c[nH]c3ncc(-c4cc(C)c5c(c4)CC[C@H]4CN(C)CCN54)nc23)ccc1C(=O)N(C)C. The van der Waals surface area contributed by atoms with Crippen molar-refractivity contribution in [2.75, 3.05) is 45.7 Å². The molecule has 1 N–H and O–H groups in total. The number of carbonyl (C=O) groups excluding carboxylic acids is 1. The second kappa shape index (κ2) is 8.99. The number of rotatable bonds is 3. The summed E-state index contributed by atoms with van der Waals surface area (Å²) in [6, 6.07) is 11.2. The molecule has 2 aliphatic rings. The summed E-state index contributed by atoms with van der Waals surface area (Å²) in [5, 5.41) is 0. The van der Waals surface area contributed by atoms with E-state index in [0.717, 1.165) is 65.2 Å². The minimum Gasteiger partial charge on any atom is -0.366 e. The first-order valence-electron chi connectivity index (χ1n) is 13.1. The van der Waals surface area contributed by atoms with E-state index in [1.54, 1.807) is 19.0 Å². The fraction of sp³-hybridized carbons (Fsp3) is 0.367. The monoisotopic (exact) mass is 494 g/mol. The number of benzene rings is 2. The Hall–Kier alpha value is -3.71. The molecule has 1 saturated heterocycles. The van der Waals surface area contributed by atoms with E-state index in [1.165, 1.54) is 23.2 Å². The van der Waals surface area contributed by atoms with E-state index in [9.17, 15) is 4.79 Å². The van der Waals surface area contributed by atoms with Crippen LogP contribution in [0.1, 0.15) is 33.5 Å². The van der Waals surface area contributed by atoms with Gasteiger partial charge in [-0.05, 0) is 74.2 Å². The molecule has 2 aliphatic heterocycles. The first-order valence-corrected chi connectivity index (χ1v) is 13.1. The highest BCUT2D eigenvalue weighted by Crippen LogP contribution is 2.38. The average Bonchev–Trinajstić information content (AvgIpc) is 3.31. The predicted octanol–water partition coefficient (Wildman–Crippen LogP) is 4.68. The number of likely N-dealkylation sites (N-methyl/N-ethyl adjacent to an activating group) is 1. The number of hydrogen-bond acceptors (Lipinski definition) is 5. The summed E-state index contributed by atoms with van der Waals surface area (Å²) in [7, 11) is 5.78. The fourth-order valence-electron chi connectivity index (χ4n) is 6.04. The highest BCUT2D eigenvalue weighted by atomic mass is 16.2. The molecular formula is C30H34N6O. The van der Waals surface area contributed by atoms with Crippen LogP contribution >= 0.6 is 0 Å². The number of aromatic nitrogens is 3. The standard InChI is InChI=1S/C30H34N6O/c1-18-12-20(7-9-24(18)30(37)34(3)4)25-15-31-29-27(25)33-26(16-32-29)22-13-19(2)28-21(14-22)6-8-23-17-35(5)10-11-36(23)28/h7,9,12-16,23H,6,8,10-11,17H2,1-5H3,(H,31,32)/t23-/m0/s1. The molecule has 37 heavy (non-hydrogen) atoms. The quantitative estimate of drug-likeness (QED) is 0.448. The van der Waals surface area contributed by atoms with Gasteiger partial charge in [-0.15, -0.1) is 0 Å². The number of fused-ring (bicyclic) bond motifs is 4. The van der Waals surface area contributed by atoms with Crippen LogP contribution < -0.4 is 4.90 Å². The molecule has 0 radical (unpaired) electrons. The maximum absolute atomic E-state index is 12.5. The van der Waals surface area contributed by atoms with Crippen molar-refractivity contribution in [2.24, 2.45) is 0 Å². The van der Waals surface area contributed by atoms with Crippen molar-refractivity contribution in [3.05, 3.63) is 65.0 Å². The molecule has 2 aromatic carbocycles.